The lowest BCUT2D eigenvalue weighted by Gasteiger charge is -2.23. The molecule has 1 aromatic rings. The lowest BCUT2D eigenvalue weighted by Crippen LogP contribution is -2.43. The van der Waals surface area contributed by atoms with Crippen molar-refractivity contribution in [3.63, 3.8) is 0 Å². The van der Waals surface area contributed by atoms with Gasteiger partial charge in [-0.15, -0.1) is 0 Å². The van der Waals surface area contributed by atoms with Gasteiger partial charge >= 0.3 is 11.7 Å². The molecular weight excluding hydrogens is 356 g/mol. The summed E-state index contributed by atoms with van der Waals surface area (Å²) in [6.45, 7) is 4.00. The Morgan fingerprint density at radius 2 is 2.11 bits per heavy atom. The van der Waals surface area contributed by atoms with E-state index in [0.717, 1.165) is 17.7 Å². The van der Waals surface area contributed by atoms with Crippen LogP contribution in [-0.2, 0) is 25.6 Å². The molecule has 2 heterocycles. The van der Waals surface area contributed by atoms with Crippen LogP contribution in [0.25, 0.3) is 0 Å². The summed E-state index contributed by atoms with van der Waals surface area (Å²) in [5.74, 6) is -1.30. The fourth-order valence-corrected chi connectivity index (χ4v) is 2.90. The van der Waals surface area contributed by atoms with Crippen LogP contribution in [0.15, 0.2) is 9.59 Å². The maximum absolute atomic E-state index is 12.5. The van der Waals surface area contributed by atoms with E-state index >= 15 is 0 Å². The highest BCUT2D eigenvalue weighted by atomic mass is 16.6. The van der Waals surface area contributed by atoms with E-state index in [1.165, 1.54) is 4.57 Å². The Labute approximate surface area is 156 Å². The van der Waals surface area contributed by atoms with Crippen LogP contribution in [0.1, 0.15) is 39.5 Å². The first-order chi connectivity index (χ1) is 12.9. The summed E-state index contributed by atoms with van der Waals surface area (Å²) in [7, 11) is 0. The second-order valence-corrected chi connectivity index (χ2v) is 6.25. The molecule has 1 atom stereocenters. The summed E-state index contributed by atoms with van der Waals surface area (Å²) in [6.07, 6.45) is 2.18. The van der Waals surface area contributed by atoms with Crippen LogP contribution in [0.2, 0.25) is 0 Å². The number of nitrogens with two attached hydrogens (primary N) is 1. The number of H-pyrrole nitrogens is 1. The number of nitrogens with zero attached hydrogens (tertiary/aromatic N) is 2. The summed E-state index contributed by atoms with van der Waals surface area (Å²) >= 11 is 0. The van der Waals surface area contributed by atoms with Gasteiger partial charge in [0, 0.05) is 19.7 Å². The number of ether oxygens (including phenoxy) is 2. The van der Waals surface area contributed by atoms with Crippen molar-refractivity contribution in [2.45, 2.75) is 52.2 Å². The highest BCUT2D eigenvalue weighted by Gasteiger charge is 2.28. The number of aromatic nitrogens is 2. The van der Waals surface area contributed by atoms with E-state index in [0.29, 0.717) is 26.0 Å². The fourth-order valence-electron chi connectivity index (χ4n) is 2.90. The summed E-state index contributed by atoms with van der Waals surface area (Å²) in [6, 6.07) is 0. The molecule has 10 heteroatoms. The minimum absolute atomic E-state index is 0.0853. The number of likely N-dealkylation sites (N-methyl/N-ethyl adjacent to an activating group) is 1. The number of esters is 1. The molecule has 27 heavy (non-hydrogen) atoms. The van der Waals surface area contributed by atoms with Gasteiger partial charge < -0.3 is 20.1 Å². The van der Waals surface area contributed by atoms with Crippen LogP contribution in [0.5, 0.6) is 0 Å². The average Bonchev–Trinajstić information content (AvgIpc) is 3.17. The van der Waals surface area contributed by atoms with Crippen molar-refractivity contribution in [2.75, 3.05) is 30.4 Å². The standard InChI is InChI=1S/C17H26N4O6/c1-3-5-8-21-14(18)13(15(23)19-17(21)25)20(4-2)12(22)10-27-16(24)11-7-6-9-26-11/h11H,3-10,18H2,1-2H3,(H,19,23,25)/t11-/m1/s1. The number of carbonyl (C=O) groups excluding carboxylic acids is 2. The predicted octanol–water partition coefficient (Wildman–Crippen LogP) is -0.00600. The number of nitrogen functional groups attached to an aromatic ring is 1. The second kappa shape index (κ2) is 9.36. The van der Waals surface area contributed by atoms with Crippen LogP contribution < -0.4 is 21.9 Å². The third-order valence-corrected chi connectivity index (χ3v) is 4.37. The maximum atomic E-state index is 12.5. The Balaban J connectivity index is 2.20. The van der Waals surface area contributed by atoms with Gasteiger partial charge in [0.05, 0.1) is 0 Å². The van der Waals surface area contributed by atoms with Crippen molar-refractivity contribution in [1.82, 2.24) is 9.55 Å². The lowest BCUT2D eigenvalue weighted by atomic mass is 10.2. The van der Waals surface area contributed by atoms with Gasteiger partial charge in [0.2, 0.25) is 0 Å². The zero-order chi connectivity index (χ0) is 20.0. The normalized spacial score (nSPS) is 16.3. The fraction of sp³-hybridized carbons (Fsp3) is 0.647. The van der Waals surface area contributed by atoms with Crippen molar-refractivity contribution in [3.05, 3.63) is 20.8 Å². The Morgan fingerprint density at radius 1 is 1.37 bits per heavy atom. The smallest absolute Gasteiger partial charge is 0.335 e. The Kier molecular flexibility index (Phi) is 7.17. The molecule has 0 bridgehead atoms. The van der Waals surface area contributed by atoms with Crippen LogP contribution in [0.3, 0.4) is 0 Å². The van der Waals surface area contributed by atoms with Crippen LogP contribution in [0, 0.1) is 0 Å². The molecule has 0 aromatic carbocycles. The van der Waals surface area contributed by atoms with Gasteiger partial charge in [-0.2, -0.15) is 0 Å². The molecule has 3 N–H and O–H groups in total. The zero-order valence-corrected chi connectivity index (χ0v) is 15.7. The molecule has 1 fully saturated rings. The first-order valence-electron chi connectivity index (χ1n) is 9.11. The van der Waals surface area contributed by atoms with Crippen molar-refractivity contribution in [2.24, 2.45) is 0 Å². The van der Waals surface area contributed by atoms with Crippen molar-refractivity contribution >= 4 is 23.4 Å². The number of carbonyl (C=O) groups is 2. The molecule has 1 aromatic heterocycles. The predicted molar refractivity (Wildman–Crippen MR) is 98.6 cm³/mol. The van der Waals surface area contributed by atoms with Crippen molar-refractivity contribution < 1.29 is 19.1 Å². The van der Waals surface area contributed by atoms with Crippen molar-refractivity contribution in [3.8, 4) is 0 Å². The molecule has 150 valence electrons. The third kappa shape index (κ3) is 4.76. The lowest BCUT2D eigenvalue weighted by molar-refractivity contribution is -0.157. The number of unbranched alkanes of at least 4 members (excludes halogenated alkanes) is 1. The highest BCUT2D eigenvalue weighted by Crippen LogP contribution is 2.18. The van der Waals surface area contributed by atoms with Gasteiger partial charge in [-0.25, -0.2) is 9.59 Å². The Hall–Kier alpha value is -2.62. The van der Waals surface area contributed by atoms with E-state index in [9.17, 15) is 19.2 Å². The number of aromatic amines is 1. The van der Waals surface area contributed by atoms with E-state index in [2.05, 4.69) is 4.98 Å². The molecular formula is C17H26N4O6. The molecule has 1 amide bonds. The topological polar surface area (TPSA) is 137 Å². The third-order valence-electron chi connectivity index (χ3n) is 4.37. The molecule has 1 saturated heterocycles. The summed E-state index contributed by atoms with van der Waals surface area (Å²) in [5, 5.41) is 0. The zero-order valence-electron chi connectivity index (χ0n) is 15.7. The van der Waals surface area contributed by atoms with Crippen LogP contribution >= 0.6 is 0 Å². The number of anilines is 2. The molecule has 0 unspecified atom stereocenters. The molecule has 0 aliphatic carbocycles. The van der Waals surface area contributed by atoms with E-state index in [4.69, 9.17) is 15.2 Å². The molecule has 1 aliphatic rings. The minimum atomic E-state index is -0.758. The van der Waals surface area contributed by atoms with E-state index < -0.39 is 35.8 Å². The molecule has 10 nitrogen and oxygen atoms in total. The van der Waals surface area contributed by atoms with Gasteiger partial charge in [-0.05, 0) is 26.2 Å². The number of nitrogens with one attached hydrogen (secondary N) is 1. The number of amides is 1. The molecule has 0 spiro atoms. The SMILES string of the molecule is CCCCn1c(N)c(N(CC)C(=O)COC(=O)[C@H]2CCCO2)c(=O)[nH]c1=O. The van der Waals surface area contributed by atoms with Crippen molar-refractivity contribution in [1.29, 1.82) is 0 Å². The van der Waals surface area contributed by atoms with E-state index in [-0.39, 0.29) is 18.1 Å². The Morgan fingerprint density at radius 3 is 2.70 bits per heavy atom. The van der Waals surface area contributed by atoms with Crippen LogP contribution in [0.4, 0.5) is 11.5 Å². The Bertz CT molecular complexity index is 794. The van der Waals surface area contributed by atoms with Gasteiger partial charge in [0.25, 0.3) is 11.5 Å². The number of rotatable bonds is 8. The van der Waals surface area contributed by atoms with E-state index in [1.54, 1.807) is 6.92 Å². The number of hydrogen-bond acceptors (Lipinski definition) is 7. The first kappa shape index (κ1) is 20.7. The highest BCUT2D eigenvalue weighted by molar-refractivity contribution is 5.97. The monoisotopic (exact) mass is 382 g/mol. The number of hydrogen-bond donors (Lipinski definition) is 2. The summed E-state index contributed by atoms with van der Waals surface area (Å²) < 4.78 is 11.5. The minimum Gasteiger partial charge on any atom is -0.454 e. The van der Waals surface area contributed by atoms with Gasteiger partial charge in [0.15, 0.2) is 18.4 Å². The van der Waals surface area contributed by atoms with Gasteiger partial charge in [0.1, 0.15) is 5.82 Å². The molecule has 1 aliphatic heterocycles. The average molecular weight is 382 g/mol. The summed E-state index contributed by atoms with van der Waals surface area (Å²) in [4.78, 5) is 52.0. The largest absolute Gasteiger partial charge is 0.454 e. The van der Waals surface area contributed by atoms with E-state index in [1.807, 2.05) is 6.92 Å². The van der Waals surface area contributed by atoms with Gasteiger partial charge in [-0.3, -0.25) is 19.1 Å². The van der Waals surface area contributed by atoms with Crippen LogP contribution in [-0.4, -0.2) is 47.3 Å². The van der Waals surface area contributed by atoms with Gasteiger partial charge in [-0.1, -0.05) is 13.3 Å². The second-order valence-electron chi connectivity index (χ2n) is 6.25. The quantitative estimate of drug-likeness (QED) is 0.604. The first-order valence-corrected chi connectivity index (χ1v) is 9.11. The summed E-state index contributed by atoms with van der Waals surface area (Å²) in [5.41, 5.74) is 4.52. The maximum Gasteiger partial charge on any atom is 0.335 e. The molecule has 2 rings (SSSR count). The molecule has 0 radical (unpaired) electrons. The molecule has 0 saturated carbocycles.